The van der Waals surface area contributed by atoms with Gasteiger partial charge in [0.2, 0.25) is 0 Å². The van der Waals surface area contributed by atoms with E-state index in [2.05, 4.69) is 63.0 Å². The molecular formula is C25H36N2O4Si. The van der Waals surface area contributed by atoms with Gasteiger partial charge in [-0.1, -0.05) is 31.8 Å². The van der Waals surface area contributed by atoms with Gasteiger partial charge in [-0.3, -0.25) is 0 Å². The molecule has 174 valence electrons. The summed E-state index contributed by atoms with van der Waals surface area (Å²) in [4.78, 5) is 12.6. The molecule has 1 amide bonds. The molecule has 6 nitrogen and oxygen atoms in total. The monoisotopic (exact) mass is 456 g/mol. The fourth-order valence-corrected chi connectivity index (χ4v) is 4.85. The summed E-state index contributed by atoms with van der Waals surface area (Å²) in [6.07, 6.45) is 2.81. The maximum atomic E-state index is 11.1. The molecular weight excluding hydrogens is 420 g/mol. The molecule has 1 aromatic heterocycles. The van der Waals surface area contributed by atoms with E-state index in [9.17, 15) is 4.79 Å². The van der Waals surface area contributed by atoms with Crippen molar-refractivity contribution in [2.24, 2.45) is 5.92 Å². The average Bonchev–Trinajstić information content (AvgIpc) is 3.14. The highest BCUT2D eigenvalue weighted by atomic mass is 28.4. The van der Waals surface area contributed by atoms with Crippen LogP contribution in [0.2, 0.25) is 18.1 Å². The van der Waals surface area contributed by atoms with Crippen molar-refractivity contribution < 1.29 is 18.9 Å². The first-order valence-electron chi connectivity index (χ1n) is 11.5. The van der Waals surface area contributed by atoms with Gasteiger partial charge in [0.1, 0.15) is 0 Å². The summed E-state index contributed by atoms with van der Waals surface area (Å²) in [5, 5.41) is 14.7. The van der Waals surface area contributed by atoms with Crippen LogP contribution in [0.5, 0.6) is 0 Å². The van der Waals surface area contributed by atoms with E-state index < -0.39 is 14.4 Å². The number of benzene rings is 1. The van der Waals surface area contributed by atoms with Crippen molar-refractivity contribution in [2.75, 3.05) is 13.1 Å². The Morgan fingerprint density at radius 3 is 2.59 bits per heavy atom. The van der Waals surface area contributed by atoms with Crippen molar-refractivity contribution in [1.29, 1.82) is 0 Å². The van der Waals surface area contributed by atoms with Gasteiger partial charge in [0, 0.05) is 29.6 Å². The summed E-state index contributed by atoms with van der Waals surface area (Å²) in [7, 11) is -1.92. The lowest BCUT2D eigenvalue weighted by atomic mass is 9.91. The zero-order valence-corrected chi connectivity index (χ0v) is 21.2. The van der Waals surface area contributed by atoms with Gasteiger partial charge in [-0.25, -0.2) is 4.79 Å². The van der Waals surface area contributed by atoms with Crippen LogP contribution in [0.25, 0.3) is 11.0 Å². The third-order valence-corrected chi connectivity index (χ3v) is 11.6. The van der Waals surface area contributed by atoms with Crippen molar-refractivity contribution >= 4 is 25.4 Å². The normalized spacial score (nSPS) is 15.6. The summed E-state index contributed by atoms with van der Waals surface area (Å²) in [5.74, 6) is 6.71. The van der Waals surface area contributed by atoms with Crippen LogP contribution >= 0.6 is 0 Å². The van der Waals surface area contributed by atoms with E-state index in [0.717, 1.165) is 53.5 Å². The van der Waals surface area contributed by atoms with E-state index in [1.165, 1.54) is 4.90 Å². The molecule has 0 aliphatic carbocycles. The van der Waals surface area contributed by atoms with Gasteiger partial charge in [-0.05, 0) is 68.8 Å². The molecule has 2 aromatic rings. The van der Waals surface area contributed by atoms with Gasteiger partial charge in [0.25, 0.3) is 0 Å². The molecule has 0 bridgehead atoms. The Labute approximate surface area is 192 Å². The van der Waals surface area contributed by atoms with Gasteiger partial charge in [-0.2, -0.15) is 0 Å². The highest BCUT2D eigenvalue weighted by Crippen LogP contribution is 2.38. The van der Waals surface area contributed by atoms with Gasteiger partial charge in [0.15, 0.2) is 13.9 Å². The molecule has 0 atom stereocenters. The maximum Gasteiger partial charge on any atom is 0.407 e. The van der Waals surface area contributed by atoms with Crippen LogP contribution in [0, 0.1) is 17.8 Å². The first kappa shape index (κ1) is 24.3. The second kappa shape index (κ2) is 9.68. The predicted octanol–water partition coefficient (Wildman–Crippen LogP) is 6.04. The number of hydrogen-bond acceptors (Lipinski definition) is 4. The molecule has 1 fully saturated rings. The first-order valence-corrected chi connectivity index (χ1v) is 14.4. The van der Waals surface area contributed by atoms with Crippen molar-refractivity contribution in [3.63, 3.8) is 0 Å². The lowest BCUT2D eigenvalue weighted by Gasteiger charge is -2.36. The second-order valence-corrected chi connectivity index (χ2v) is 15.1. The molecule has 0 unspecified atom stereocenters. The highest BCUT2D eigenvalue weighted by Gasteiger charge is 2.37. The fourth-order valence-electron chi connectivity index (χ4n) is 3.91. The van der Waals surface area contributed by atoms with Gasteiger partial charge in [0.05, 0.1) is 12.3 Å². The van der Waals surface area contributed by atoms with E-state index in [-0.39, 0.29) is 5.04 Å². The van der Waals surface area contributed by atoms with Crippen LogP contribution in [-0.4, -0.2) is 42.7 Å². The summed E-state index contributed by atoms with van der Waals surface area (Å²) in [6.45, 7) is 14.8. The number of nitrogens with zero attached hydrogens (tertiary/aromatic N) is 2. The Hall–Kier alpha value is -2.30. The zero-order valence-electron chi connectivity index (χ0n) is 20.2. The highest BCUT2D eigenvalue weighted by molar-refractivity contribution is 6.74. The van der Waals surface area contributed by atoms with Gasteiger partial charge < -0.3 is 19.0 Å². The van der Waals surface area contributed by atoms with Crippen molar-refractivity contribution in [3.8, 4) is 11.8 Å². The number of likely N-dealkylation sites (tertiary alicyclic amines) is 1. The quantitative estimate of drug-likeness (QED) is 0.423. The third kappa shape index (κ3) is 5.36. The molecule has 1 aromatic carbocycles. The van der Waals surface area contributed by atoms with E-state index in [4.69, 9.17) is 14.1 Å². The van der Waals surface area contributed by atoms with E-state index in [0.29, 0.717) is 25.6 Å². The van der Waals surface area contributed by atoms with E-state index in [1.807, 2.05) is 6.92 Å². The van der Waals surface area contributed by atoms with Crippen LogP contribution in [0.4, 0.5) is 4.79 Å². The molecule has 32 heavy (non-hydrogen) atoms. The number of carboxylic acid groups (broad SMARTS) is 1. The van der Waals surface area contributed by atoms with Crippen molar-refractivity contribution in [1.82, 2.24) is 10.1 Å². The average molecular weight is 457 g/mol. The van der Waals surface area contributed by atoms with Gasteiger partial charge in [-0.15, -0.1) is 5.92 Å². The standard InChI is InChI=1S/C25H36N2O4Si/c1-7-8-19-10-11-20-22(12-9-18-13-15-27(16-14-18)24(28)29)26-31-23(20)21(19)17-30-32(5,6)25(2,3)4/h10-11,18H,9,12-17H2,1-6H3,(H,28,29). The van der Waals surface area contributed by atoms with Crippen LogP contribution in [0.1, 0.15) is 63.8 Å². The smallest absolute Gasteiger partial charge is 0.407 e. The van der Waals surface area contributed by atoms with Crippen molar-refractivity contribution in [2.45, 2.75) is 78.1 Å². The first-order chi connectivity index (χ1) is 15.0. The second-order valence-electron chi connectivity index (χ2n) is 10.3. The largest absolute Gasteiger partial charge is 0.465 e. The fraction of sp³-hybridized carbons (Fsp3) is 0.600. The number of amides is 1. The molecule has 1 aliphatic rings. The van der Waals surface area contributed by atoms with E-state index >= 15 is 0 Å². The summed E-state index contributed by atoms with van der Waals surface area (Å²) < 4.78 is 12.3. The van der Waals surface area contributed by atoms with E-state index in [1.54, 1.807) is 0 Å². The zero-order chi connectivity index (χ0) is 23.5. The SMILES string of the molecule is CC#Cc1ccc2c(CCC3CCN(C(=O)O)CC3)noc2c1CO[Si](C)(C)C(C)(C)C. The van der Waals surface area contributed by atoms with Crippen LogP contribution in [0.15, 0.2) is 16.7 Å². The third-order valence-electron chi connectivity index (χ3n) is 7.14. The molecule has 3 rings (SSSR count). The number of aromatic nitrogens is 1. The molecule has 0 radical (unpaired) electrons. The number of aryl methyl sites for hydroxylation is 1. The lowest BCUT2D eigenvalue weighted by Crippen LogP contribution is -2.40. The summed E-state index contributed by atoms with van der Waals surface area (Å²) in [6, 6.07) is 4.11. The Bertz CT molecular complexity index is 1020. The Balaban J connectivity index is 1.77. The minimum atomic E-state index is -1.92. The molecule has 1 aliphatic heterocycles. The van der Waals surface area contributed by atoms with Crippen LogP contribution in [-0.2, 0) is 17.5 Å². The van der Waals surface area contributed by atoms with Gasteiger partial charge >= 0.3 is 6.09 Å². The number of hydrogen-bond donors (Lipinski definition) is 1. The maximum absolute atomic E-state index is 11.1. The molecule has 1 N–H and O–H groups in total. The topological polar surface area (TPSA) is 75.8 Å². The minimum Gasteiger partial charge on any atom is -0.465 e. The predicted molar refractivity (Wildman–Crippen MR) is 129 cm³/mol. The lowest BCUT2D eigenvalue weighted by molar-refractivity contribution is 0.123. The van der Waals surface area contributed by atoms with Crippen LogP contribution in [0.3, 0.4) is 0 Å². The van der Waals surface area contributed by atoms with Crippen molar-refractivity contribution in [3.05, 3.63) is 29.0 Å². The molecule has 0 spiro atoms. The number of piperidine rings is 1. The molecule has 0 saturated carbocycles. The number of fused-ring (bicyclic) bond motifs is 1. The summed E-state index contributed by atoms with van der Waals surface area (Å²) in [5.41, 5.74) is 3.66. The molecule has 2 heterocycles. The molecule has 1 saturated heterocycles. The minimum absolute atomic E-state index is 0.125. The number of rotatable bonds is 6. The Morgan fingerprint density at radius 1 is 1.31 bits per heavy atom. The molecule has 7 heteroatoms. The Kier molecular flexibility index (Phi) is 7.36. The summed E-state index contributed by atoms with van der Waals surface area (Å²) >= 11 is 0. The Morgan fingerprint density at radius 2 is 2.00 bits per heavy atom. The van der Waals surface area contributed by atoms with Crippen LogP contribution < -0.4 is 0 Å². The number of carbonyl (C=O) groups is 1.